The molecule has 70 valence electrons. The predicted octanol–water partition coefficient (Wildman–Crippen LogP) is 2.30. The molecule has 0 bridgehead atoms. The van der Waals surface area contributed by atoms with Crippen LogP contribution < -0.4 is 10.6 Å². The topological polar surface area (TPSA) is 24.1 Å². The molecular weight excluding hydrogens is 180 g/mol. The smallest absolute Gasteiger partial charge is 0.170 e. The van der Waals surface area contributed by atoms with Gasteiger partial charge >= 0.3 is 0 Å². The Morgan fingerprint density at radius 1 is 1.31 bits per heavy atom. The molecule has 2 nitrogen and oxygen atoms in total. The molecule has 0 aliphatic heterocycles. The summed E-state index contributed by atoms with van der Waals surface area (Å²) in [7, 11) is 0. The van der Waals surface area contributed by atoms with E-state index in [9.17, 15) is 0 Å². The number of benzene rings is 1. The van der Waals surface area contributed by atoms with Crippen molar-refractivity contribution in [3.63, 3.8) is 0 Å². The quantitative estimate of drug-likeness (QED) is 0.706. The van der Waals surface area contributed by atoms with E-state index in [1.54, 1.807) is 0 Å². The van der Waals surface area contributed by atoms with E-state index in [-0.39, 0.29) is 0 Å². The third-order valence-corrected chi connectivity index (χ3v) is 1.89. The van der Waals surface area contributed by atoms with Crippen LogP contribution in [0.3, 0.4) is 0 Å². The summed E-state index contributed by atoms with van der Waals surface area (Å²) in [6.45, 7) is 4.92. The second kappa shape index (κ2) is 4.82. The summed E-state index contributed by atoms with van der Waals surface area (Å²) < 4.78 is 0. The van der Waals surface area contributed by atoms with Crippen molar-refractivity contribution in [2.45, 2.75) is 13.8 Å². The first-order valence-electron chi connectivity index (χ1n) is 4.34. The maximum Gasteiger partial charge on any atom is 0.170 e. The Labute approximate surface area is 84.3 Å². The zero-order valence-corrected chi connectivity index (χ0v) is 8.74. The molecule has 3 heteroatoms. The molecule has 0 fully saturated rings. The largest absolute Gasteiger partial charge is 0.363 e. The maximum absolute atomic E-state index is 5.05. The summed E-state index contributed by atoms with van der Waals surface area (Å²) in [5.41, 5.74) is 2.27. The van der Waals surface area contributed by atoms with Gasteiger partial charge in [-0.3, -0.25) is 0 Å². The molecule has 0 heterocycles. The number of hydrogen-bond acceptors (Lipinski definition) is 1. The average Bonchev–Trinajstić information content (AvgIpc) is 2.09. The van der Waals surface area contributed by atoms with Crippen LogP contribution in [0.5, 0.6) is 0 Å². The molecule has 0 saturated heterocycles. The Morgan fingerprint density at radius 2 is 1.92 bits per heavy atom. The molecule has 0 spiro atoms. The Morgan fingerprint density at radius 3 is 2.46 bits per heavy atom. The van der Waals surface area contributed by atoms with E-state index < -0.39 is 0 Å². The lowest BCUT2D eigenvalue weighted by Crippen LogP contribution is -2.27. The maximum atomic E-state index is 5.05. The van der Waals surface area contributed by atoms with Gasteiger partial charge in [0.2, 0.25) is 0 Å². The van der Waals surface area contributed by atoms with Gasteiger partial charge in [0, 0.05) is 12.2 Å². The minimum absolute atomic E-state index is 0.673. The van der Waals surface area contributed by atoms with E-state index >= 15 is 0 Å². The Kier molecular flexibility index (Phi) is 3.71. The van der Waals surface area contributed by atoms with Gasteiger partial charge in [0.1, 0.15) is 0 Å². The molecule has 0 aromatic heterocycles. The highest BCUT2D eigenvalue weighted by Gasteiger charge is 1.94. The van der Waals surface area contributed by atoms with Gasteiger partial charge in [-0.1, -0.05) is 17.7 Å². The van der Waals surface area contributed by atoms with Gasteiger partial charge in [0.25, 0.3) is 0 Å². The van der Waals surface area contributed by atoms with Crippen LogP contribution in [0.25, 0.3) is 0 Å². The molecule has 1 rings (SSSR count). The zero-order valence-electron chi connectivity index (χ0n) is 7.92. The predicted molar refractivity (Wildman–Crippen MR) is 61.1 cm³/mol. The van der Waals surface area contributed by atoms with Crippen LogP contribution in [0, 0.1) is 6.92 Å². The van der Waals surface area contributed by atoms with Crippen LogP contribution in [0.1, 0.15) is 12.5 Å². The highest BCUT2D eigenvalue weighted by molar-refractivity contribution is 7.80. The molecule has 0 aliphatic carbocycles. The van der Waals surface area contributed by atoms with E-state index in [4.69, 9.17) is 12.2 Å². The van der Waals surface area contributed by atoms with Gasteiger partial charge in [-0.2, -0.15) is 0 Å². The molecule has 2 N–H and O–H groups in total. The fourth-order valence-corrected chi connectivity index (χ4v) is 1.23. The third-order valence-electron chi connectivity index (χ3n) is 1.65. The summed E-state index contributed by atoms with van der Waals surface area (Å²) in [5, 5.41) is 6.79. The third kappa shape index (κ3) is 3.42. The molecule has 0 saturated carbocycles. The number of aryl methyl sites for hydroxylation is 1. The molecule has 0 aliphatic rings. The number of nitrogens with one attached hydrogen (secondary N) is 2. The molecule has 1 aromatic rings. The lowest BCUT2D eigenvalue weighted by Gasteiger charge is -2.08. The van der Waals surface area contributed by atoms with Gasteiger partial charge in [0.05, 0.1) is 0 Å². The Balaban J connectivity index is 2.54. The Hall–Kier alpha value is -1.09. The molecule has 0 radical (unpaired) electrons. The summed E-state index contributed by atoms with van der Waals surface area (Å²) >= 11 is 5.05. The van der Waals surface area contributed by atoms with Crippen molar-refractivity contribution in [2.75, 3.05) is 11.9 Å². The molecule has 1 aromatic carbocycles. The monoisotopic (exact) mass is 194 g/mol. The van der Waals surface area contributed by atoms with E-state index in [1.807, 2.05) is 19.1 Å². The van der Waals surface area contributed by atoms with Crippen molar-refractivity contribution in [2.24, 2.45) is 0 Å². The highest BCUT2D eigenvalue weighted by atomic mass is 32.1. The van der Waals surface area contributed by atoms with Crippen LogP contribution in [0.15, 0.2) is 24.3 Å². The van der Waals surface area contributed by atoms with E-state index in [0.717, 1.165) is 12.2 Å². The number of rotatable bonds is 2. The van der Waals surface area contributed by atoms with Gasteiger partial charge in [-0.25, -0.2) is 0 Å². The highest BCUT2D eigenvalue weighted by Crippen LogP contribution is 2.07. The number of hydrogen-bond donors (Lipinski definition) is 2. The fourth-order valence-electron chi connectivity index (χ4n) is 0.973. The fraction of sp³-hybridized carbons (Fsp3) is 0.300. The van der Waals surface area contributed by atoms with Crippen LogP contribution in [0.2, 0.25) is 0 Å². The standard InChI is InChI=1S/C10H14N2S/c1-3-11-10(13)12-9-6-4-8(2)5-7-9/h4-7H,3H2,1-2H3,(H2,11,12,13). The average molecular weight is 194 g/mol. The SMILES string of the molecule is CCNC(=S)Nc1ccc(C)cc1. The van der Waals surface area contributed by atoms with Crippen molar-refractivity contribution in [1.82, 2.24) is 5.32 Å². The van der Waals surface area contributed by atoms with Gasteiger partial charge in [-0.15, -0.1) is 0 Å². The van der Waals surface area contributed by atoms with Crippen LogP contribution >= 0.6 is 12.2 Å². The normalized spacial score (nSPS) is 9.38. The van der Waals surface area contributed by atoms with E-state index in [2.05, 4.69) is 29.7 Å². The van der Waals surface area contributed by atoms with E-state index in [1.165, 1.54) is 5.56 Å². The van der Waals surface area contributed by atoms with Crippen molar-refractivity contribution in [1.29, 1.82) is 0 Å². The van der Waals surface area contributed by atoms with Gasteiger partial charge < -0.3 is 10.6 Å². The molecule has 13 heavy (non-hydrogen) atoms. The molecule has 0 atom stereocenters. The van der Waals surface area contributed by atoms with E-state index in [0.29, 0.717) is 5.11 Å². The zero-order chi connectivity index (χ0) is 9.68. The summed E-state index contributed by atoms with van der Waals surface area (Å²) in [6, 6.07) is 8.13. The molecule has 0 amide bonds. The lowest BCUT2D eigenvalue weighted by atomic mass is 10.2. The first kappa shape index (κ1) is 9.99. The first-order chi connectivity index (χ1) is 6.22. The molecular formula is C10H14N2S. The Bertz CT molecular complexity index is 279. The number of thiocarbonyl (C=S) groups is 1. The molecule has 0 unspecified atom stereocenters. The van der Waals surface area contributed by atoms with Crippen molar-refractivity contribution < 1.29 is 0 Å². The van der Waals surface area contributed by atoms with Crippen LogP contribution in [0.4, 0.5) is 5.69 Å². The number of anilines is 1. The summed E-state index contributed by atoms with van der Waals surface area (Å²) in [4.78, 5) is 0. The lowest BCUT2D eigenvalue weighted by molar-refractivity contribution is 0.979. The summed E-state index contributed by atoms with van der Waals surface area (Å²) in [5.74, 6) is 0. The minimum Gasteiger partial charge on any atom is -0.363 e. The van der Waals surface area contributed by atoms with Crippen LogP contribution in [-0.2, 0) is 0 Å². The second-order valence-electron chi connectivity index (χ2n) is 2.85. The summed E-state index contributed by atoms with van der Waals surface area (Å²) in [6.07, 6.45) is 0. The van der Waals surface area contributed by atoms with Crippen molar-refractivity contribution in [3.8, 4) is 0 Å². The second-order valence-corrected chi connectivity index (χ2v) is 3.26. The first-order valence-corrected chi connectivity index (χ1v) is 4.74. The van der Waals surface area contributed by atoms with Gasteiger partial charge in [-0.05, 0) is 38.2 Å². The van der Waals surface area contributed by atoms with Crippen LogP contribution in [-0.4, -0.2) is 11.7 Å². The minimum atomic E-state index is 0.673. The van der Waals surface area contributed by atoms with Crippen molar-refractivity contribution in [3.05, 3.63) is 29.8 Å². The van der Waals surface area contributed by atoms with Gasteiger partial charge in [0.15, 0.2) is 5.11 Å². The van der Waals surface area contributed by atoms with Crippen molar-refractivity contribution >= 4 is 23.0 Å².